The molecule has 0 spiro atoms. The summed E-state index contributed by atoms with van der Waals surface area (Å²) in [6, 6.07) is 16.5. The fraction of sp³-hybridized carbons (Fsp3) is 0.136. The van der Waals surface area contributed by atoms with Gasteiger partial charge in [0, 0.05) is 11.6 Å². The van der Waals surface area contributed by atoms with Gasteiger partial charge in [-0.05, 0) is 54.7 Å². The molecule has 30 heavy (non-hydrogen) atoms. The largest absolute Gasteiger partial charge is 0.463 e. The number of nitrogens with one attached hydrogen (secondary N) is 1. The Balaban J connectivity index is 1.63. The van der Waals surface area contributed by atoms with Crippen LogP contribution in [-0.2, 0) is 0 Å². The number of fused-ring (bicyclic) bond motifs is 1. The van der Waals surface area contributed by atoms with Crippen LogP contribution in [0.2, 0.25) is 0 Å². The van der Waals surface area contributed by atoms with E-state index in [1.54, 1.807) is 30.5 Å². The van der Waals surface area contributed by atoms with Crippen molar-refractivity contribution in [2.45, 2.75) is 18.8 Å². The molecular weight excluding hydrogens is 380 g/mol. The van der Waals surface area contributed by atoms with Crippen molar-refractivity contribution in [3.8, 4) is 17.5 Å². The standard InChI is InChI=1S/C22H16N6O2/c23-12-13-7-8-24-19(9-13)26-20-11-15(14-5-6-14)10-17(25-20)21-16-3-1-2-4-18(16)28(27-21)22(29)30/h1-4,7-11,14H,5-6H2,(H,29,30)(H,24,25,26). The zero-order valence-electron chi connectivity index (χ0n) is 15.8. The van der Waals surface area contributed by atoms with Gasteiger partial charge < -0.3 is 10.4 Å². The van der Waals surface area contributed by atoms with Gasteiger partial charge in [-0.1, -0.05) is 18.2 Å². The maximum absolute atomic E-state index is 11.6. The van der Waals surface area contributed by atoms with E-state index in [0.717, 1.165) is 28.5 Å². The van der Waals surface area contributed by atoms with Crippen molar-refractivity contribution >= 4 is 28.6 Å². The minimum absolute atomic E-state index is 0.457. The average molecular weight is 396 g/mol. The van der Waals surface area contributed by atoms with Crippen molar-refractivity contribution in [1.29, 1.82) is 5.26 Å². The van der Waals surface area contributed by atoms with Gasteiger partial charge in [0.25, 0.3) is 0 Å². The van der Waals surface area contributed by atoms with Crippen molar-refractivity contribution < 1.29 is 9.90 Å². The van der Waals surface area contributed by atoms with E-state index < -0.39 is 6.09 Å². The maximum atomic E-state index is 11.6. The number of hydrogen-bond acceptors (Lipinski definition) is 6. The molecular formula is C22H16N6O2. The monoisotopic (exact) mass is 396 g/mol. The minimum atomic E-state index is -1.15. The summed E-state index contributed by atoms with van der Waals surface area (Å²) in [4.78, 5) is 20.6. The average Bonchev–Trinajstić information content (AvgIpc) is 3.53. The number of carbonyl (C=O) groups is 1. The van der Waals surface area contributed by atoms with Crippen LogP contribution in [0.1, 0.15) is 29.9 Å². The predicted molar refractivity (Wildman–Crippen MR) is 111 cm³/mol. The Hall–Kier alpha value is -4.25. The van der Waals surface area contributed by atoms with Crippen molar-refractivity contribution in [2.24, 2.45) is 0 Å². The molecule has 0 saturated heterocycles. The number of rotatable bonds is 4. The summed E-state index contributed by atoms with van der Waals surface area (Å²) in [7, 11) is 0. The van der Waals surface area contributed by atoms with E-state index in [1.807, 2.05) is 24.3 Å². The normalized spacial score (nSPS) is 13.2. The Morgan fingerprint density at radius 3 is 2.77 bits per heavy atom. The fourth-order valence-electron chi connectivity index (χ4n) is 3.49. The molecule has 1 aliphatic carbocycles. The second-order valence-electron chi connectivity index (χ2n) is 7.17. The molecule has 1 aromatic carbocycles. The highest BCUT2D eigenvalue weighted by atomic mass is 16.4. The second-order valence-corrected chi connectivity index (χ2v) is 7.17. The zero-order chi connectivity index (χ0) is 20.7. The summed E-state index contributed by atoms with van der Waals surface area (Å²) in [6.07, 6.45) is 2.63. The predicted octanol–water partition coefficient (Wildman–Crippen LogP) is 4.51. The number of anilines is 2. The van der Waals surface area contributed by atoms with Crippen LogP contribution < -0.4 is 5.32 Å². The smallest absolute Gasteiger partial charge is 0.432 e. The molecule has 8 heteroatoms. The van der Waals surface area contributed by atoms with Gasteiger partial charge in [0.1, 0.15) is 17.3 Å². The lowest BCUT2D eigenvalue weighted by atomic mass is 10.1. The van der Waals surface area contributed by atoms with E-state index in [-0.39, 0.29) is 0 Å². The lowest BCUT2D eigenvalue weighted by molar-refractivity contribution is 0.194. The molecule has 1 aliphatic rings. The number of benzene rings is 1. The van der Waals surface area contributed by atoms with Crippen LogP contribution in [0.5, 0.6) is 0 Å². The van der Waals surface area contributed by atoms with E-state index in [2.05, 4.69) is 26.5 Å². The summed E-state index contributed by atoms with van der Waals surface area (Å²) < 4.78 is 0.973. The van der Waals surface area contributed by atoms with Crippen LogP contribution in [0.4, 0.5) is 16.4 Å². The number of aromatic nitrogens is 4. The summed E-state index contributed by atoms with van der Waals surface area (Å²) in [5, 5.41) is 26.8. The molecule has 146 valence electrons. The van der Waals surface area contributed by atoms with Crippen LogP contribution in [0.25, 0.3) is 22.3 Å². The Bertz CT molecular complexity index is 1330. The molecule has 0 radical (unpaired) electrons. The molecule has 8 nitrogen and oxygen atoms in total. The molecule has 0 bridgehead atoms. The third-order valence-electron chi connectivity index (χ3n) is 5.05. The van der Waals surface area contributed by atoms with Gasteiger partial charge in [-0.25, -0.2) is 14.8 Å². The Kier molecular flexibility index (Phi) is 4.14. The highest BCUT2D eigenvalue weighted by molar-refractivity contribution is 5.96. The SMILES string of the molecule is N#Cc1ccnc(Nc2cc(C3CC3)cc(-c3nn(C(=O)O)c4ccccc34)n2)c1. The van der Waals surface area contributed by atoms with E-state index >= 15 is 0 Å². The highest BCUT2D eigenvalue weighted by Crippen LogP contribution is 2.42. The first-order valence-corrected chi connectivity index (χ1v) is 9.49. The molecule has 4 aromatic rings. The molecule has 1 fully saturated rings. The van der Waals surface area contributed by atoms with Crippen LogP contribution in [0, 0.1) is 11.3 Å². The number of carboxylic acid groups (broad SMARTS) is 1. The lowest BCUT2D eigenvalue weighted by Gasteiger charge is -2.10. The molecule has 0 aliphatic heterocycles. The van der Waals surface area contributed by atoms with Crippen LogP contribution in [0.15, 0.2) is 54.7 Å². The summed E-state index contributed by atoms with van der Waals surface area (Å²) >= 11 is 0. The summed E-state index contributed by atoms with van der Waals surface area (Å²) in [6.45, 7) is 0. The zero-order valence-corrected chi connectivity index (χ0v) is 15.8. The van der Waals surface area contributed by atoms with Gasteiger partial charge >= 0.3 is 6.09 Å². The van der Waals surface area contributed by atoms with Crippen molar-refractivity contribution in [3.63, 3.8) is 0 Å². The van der Waals surface area contributed by atoms with Crippen LogP contribution in [-0.4, -0.2) is 30.9 Å². The second kappa shape index (κ2) is 6.97. The van der Waals surface area contributed by atoms with Crippen molar-refractivity contribution in [2.75, 3.05) is 5.32 Å². The van der Waals surface area contributed by atoms with E-state index in [4.69, 9.17) is 5.26 Å². The Morgan fingerprint density at radius 1 is 1.17 bits per heavy atom. The maximum Gasteiger partial charge on any atom is 0.432 e. The van der Waals surface area contributed by atoms with Gasteiger partial charge in [-0.15, -0.1) is 0 Å². The van der Waals surface area contributed by atoms with Gasteiger partial charge in [-0.2, -0.15) is 15.0 Å². The first-order valence-electron chi connectivity index (χ1n) is 9.49. The van der Waals surface area contributed by atoms with Gasteiger partial charge in [0.15, 0.2) is 0 Å². The number of nitrogens with zero attached hydrogens (tertiary/aromatic N) is 5. The third-order valence-corrected chi connectivity index (χ3v) is 5.05. The topological polar surface area (TPSA) is 117 Å². The number of pyridine rings is 2. The molecule has 1 saturated carbocycles. The van der Waals surface area contributed by atoms with Gasteiger partial charge in [0.2, 0.25) is 0 Å². The fourth-order valence-corrected chi connectivity index (χ4v) is 3.49. The Labute approximate surface area is 171 Å². The van der Waals surface area contributed by atoms with Crippen molar-refractivity contribution in [3.05, 3.63) is 65.9 Å². The number of hydrogen-bond donors (Lipinski definition) is 2. The van der Waals surface area contributed by atoms with Crippen LogP contribution >= 0.6 is 0 Å². The van der Waals surface area contributed by atoms with Gasteiger partial charge in [0.05, 0.1) is 22.8 Å². The van der Waals surface area contributed by atoms with Gasteiger partial charge in [-0.3, -0.25) is 0 Å². The number of nitriles is 1. The Morgan fingerprint density at radius 2 is 2.00 bits per heavy atom. The van der Waals surface area contributed by atoms with E-state index in [1.165, 1.54) is 0 Å². The van der Waals surface area contributed by atoms with E-state index in [0.29, 0.717) is 40.0 Å². The quantitative estimate of drug-likeness (QED) is 0.521. The van der Waals surface area contributed by atoms with E-state index in [9.17, 15) is 9.90 Å². The van der Waals surface area contributed by atoms with Crippen LogP contribution in [0.3, 0.4) is 0 Å². The first-order chi connectivity index (χ1) is 14.6. The summed E-state index contributed by atoms with van der Waals surface area (Å²) in [5.41, 5.74) is 3.23. The lowest BCUT2D eigenvalue weighted by Crippen LogP contribution is -2.09. The van der Waals surface area contributed by atoms with Crippen molar-refractivity contribution in [1.82, 2.24) is 19.7 Å². The molecule has 3 heterocycles. The molecule has 2 N–H and O–H groups in total. The molecule has 3 aromatic heterocycles. The summed E-state index contributed by atoms with van der Waals surface area (Å²) in [5.74, 6) is 1.55. The first kappa shape index (κ1) is 17.8. The molecule has 5 rings (SSSR count). The minimum Gasteiger partial charge on any atom is -0.463 e. The highest BCUT2D eigenvalue weighted by Gasteiger charge is 2.26. The molecule has 0 amide bonds. The third kappa shape index (κ3) is 3.22. The molecule has 0 unspecified atom stereocenters. The molecule has 0 atom stereocenters. The number of para-hydroxylation sites is 1.